The highest BCUT2D eigenvalue weighted by Crippen LogP contribution is 2.36. The summed E-state index contributed by atoms with van der Waals surface area (Å²) in [6.07, 6.45) is 0. The van der Waals surface area contributed by atoms with Crippen molar-refractivity contribution in [2.75, 3.05) is 0 Å². The van der Waals surface area contributed by atoms with E-state index < -0.39 is 0 Å². The monoisotopic (exact) mass is 601 g/mol. The van der Waals surface area contributed by atoms with E-state index in [9.17, 15) is 0 Å². The van der Waals surface area contributed by atoms with E-state index in [-0.39, 0.29) is 0 Å². The minimum absolute atomic E-state index is 0.616. The molecule has 9 rings (SSSR count). The van der Waals surface area contributed by atoms with E-state index in [0.29, 0.717) is 17.5 Å². The van der Waals surface area contributed by atoms with Gasteiger partial charge in [0.25, 0.3) is 0 Å². The maximum atomic E-state index is 6.37. The molecule has 2 heterocycles. The summed E-state index contributed by atoms with van der Waals surface area (Å²) in [5.74, 6) is 1.88. The minimum Gasteiger partial charge on any atom is -0.456 e. The van der Waals surface area contributed by atoms with Crippen molar-refractivity contribution >= 4 is 32.7 Å². The molecule has 0 unspecified atom stereocenters. The second-order valence-electron chi connectivity index (χ2n) is 11.7. The summed E-state index contributed by atoms with van der Waals surface area (Å²) in [5.41, 5.74) is 9.05. The fourth-order valence-electron chi connectivity index (χ4n) is 6.26. The van der Waals surface area contributed by atoms with Gasteiger partial charge in [-0.2, -0.15) is 0 Å². The average molecular weight is 602 g/mol. The molecule has 0 bridgehead atoms. The van der Waals surface area contributed by atoms with Gasteiger partial charge in [0.15, 0.2) is 17.5 Å². The SMILES string of the molecule is c1ccc(-c2ccc(-c3nc(-c4ccccc4)nc(-c4ccc5oc6cc(-c7ccc8ccccc8c7)ccc6c5c4)n3)cc2)cc1. The van der Waals surface area contributed by atoms with Gasteiger partial charge in [-0.25, -0.2) is 15.0 Å². The predicted molar refractivity (Wildman–Crippen MR) is 192 cm³/mol. The van der Waals surface area contributed by atoms with Gasteiger partial charge in [-0.05, 0) is 69.4 Å². The standard InChI is InChI=1S/C43H27N3O/c1-3-9-28(10-4-1)30-15-18-32(19-16-30)42-44-41(31-12-5-2-6-13-31)45-43(46-42)36-22-24-39-38(26-36)37-23-21-35(27-40(37)47-39)34-20-17-29-11-7-8-14-33(29)25-34/h1-27H. The van der Waals surface area contributed by atoms with E-state index in [1.165, 1.54) is 16.3 Å². The van der Waals surface area contributed by atoms with Crippen LogP contribution in [0.1, 0.15) is 0 Å². The van der Waals surface area contributed by atoms with Crippen LogP contribution in [-0.2, 0) is 0 Å². The molecule has 47 heavy (non-hydrogen) atoms. The average Bonchev–Trinajstić information content (AvgIpc) is 3.52. The molecule has 0 radical (unpaired) electrons. The van der Waals surface area contributed by atoms with E-state index in [0.717, 1.165) is 55.3 Å². The Morgan fingerprint density at radius 1 is 0.298 bits per heavy atom. The van der Waals surface area contributed by atoms with Gasteiger partial charge in [-0.15, -0.1) is 0 Å². The zero-order chi connectivity index (χ0) is 31.2. The number of nitrogens with zero attached hydrogens (tertiary/aromatic N) is 3. The Balaban J connectivity index is 1.13. The number of benzene rings is 7. The fourth-order valence-corrected chi connectivity index (χ4v) is 6.26. The lowest BCUT2D eigenvalue weighted by Crippen LogP contribution is -2.00. The number of rotatable bonds is 5. The zero-order valence-electron chi connectivity index (χ0n) is 25.3. The van der Waals surface area contributed by atoms with Crippen LogP contribution in [0, 0.1) is 0 Å². The highest BCUT2D eigenvalue weighted by atomic mass is 16.3. The molecule has 0 spiro atoms. The highest BCUT2D eigenvalue weighted by molar-refractivity contribution is 6.07. The van der Waals surface area contributed by atoms with Crippen LogP contribution >= 0.6 is 0 Å². The number of fused-ring (bicyclic) bond motifs is 4. The molecule has 2 aromatic heterocycles. The van der Waals surface area contributed by atoms with Crippen molar-refractivity contribution < 1.29 is 4.42 Å². The molecule has 0 amide bonds. The molecule has 0 N–H and O–H groups in total. The Morgan fingerprint density at radius 3 is 1.55 bits per heavy atom. The molecule has 9 aromatic rings. The summed E-state index contributed by atoms with van der Waals surface area (Å²) in [5, 5.41) is 4.53. The molecule has 0 aliphatic heterocycles. The first-order valence-electron chi connectivity index (χ1n) is 15.7. The summed E-state index contributed by atoms with van der Waals surface area (Å²) in [6.45, 7) is 0. The van der Waals surface area contributed by atoms with Crippen LogP contribution in [0.3, 0.4) is 0 Å². The molecule has 0 atom stereocenters. The number of furan rings is 1. The first kappa shape index (κ1) is 27.0. The summed E-state index contributed by atoms with van der Waals surface area (Å²) >= 11 is 0. The molecule has 7 aromatic carbocycles. The van der Waals surface area contributed by atoms with Crippen molar-refractivity contribution in [3.05, 3.63) is 164 Å². The van der Waals surface area contributed by atoms with Crippen LogP contribution in [0.5, 0.6) is 0 Å². The number of aromatic nitrogens is 3. The van der Waals surface area contributed by atoms with Crippen LogP contribution in [-0.4, -0.2) is 15.0 Å². The van der Waals surface area contributed by atoms with Gasteiger partial charge in [0.05, 0.1) is 0 Å². The fraction of sp³-hybridized carbons (Fsp3) is 0. The summed E-state index contributed by atoms with van der Waals surface area (Å²) < 4.78 is 6.37. The number of hydrogen-bond acceptors (Lipinski definition) is 4. The van der Waals surface area contributed by atoms with E-state index in [1.54, 1.807) is 0 Å². The lowest BCUT2D eigenvalue weighted by atomic mass is 10.00. The molecule has 4 heteroatoms. The molecule has 0 saturated heterocycles. The first-order valence-corrected chi connectivity index (χ1v) is 15.7. The normalized spacial score (nSPS) is 11.4. The molecule has 0 saturated carbocycles. The molecule has 4 nitrogen and oxygen atoms in total. The van der Waals surface area contributed by atoms with Gasteiger partial charge in [0.1, 0.15) is 11.2 Å². The van der Waals surface area contributed by atoms with E-state index in [2.05, 4.69) is 115 Å². The van der Waals surface area contributed by atoms with Crippen LogP contribution in [0.25, 0.3) is 89.1 Å². The molecule has 220 valence electrons. The lowest BCUT2D eigenvalue weighted by Gasteiger charge is -2.09. The zero-order valence-corrected chi connectivity index (χ0v) is 25.3. The van der Waals surface area contributed by atoms with Crippen LogP contribution in [0.4, 0.5) is 0 Å². The minimum atomic E-state index is 0.616. The smallest absolute Gasteiger partial charge is 0.164 e. The maximum absolute atomic E-state index is 6.37. The van der Waals surface area contributed by atoms with Crippen LogP contribution in [0.15, 0.2) is 168 Å². The Hall–Kier alpha value is -6.39. The summed E-state index contributed by atoms with van der Waals surface area (Å²) in [6, 6.07) is 56.4. The Kier molecular flexibility index (Phi) is 6.43. The van der Waals surface area contributed by atoms with Crippen LogP contribution in [0.2, 0.25) is 0 Å². The van der Waals surface area contributed by atoms with E-state index >= 15 is 0 Å². The van der Waals surface area contributed by atoms with Crippen molar-refractivity contribution in [3.8, 4) is 56.4 Å². The quantitative estimate of drug-likeness (QED) is 0.197. The maximum Gasteiger partial charge on any atom is 0.164 e. The number of hydrogen-bond donors (Lipinski definition) is 0. The van der Waals surface area contributed by atoms with Crippen molar-refractivity contribution in [3.63, 3.8) is 0 Å². The lowest BCUT2D eigenvalue weighted by molar-refractivity contribution is 0.669. The van der Waals surface area contributed by atoms with Crippen molar-refractivity contribution in [2.45, 2.75) is 0 Å². The highest BCUT2D eigenvalue weighted by Gasteiger charge is 2.15. The second kappa shape index (κ2) is 11.2. The Labute approximate surface area is 271 Å². The summed E-state index contributed by atoms with van der Waals surface area (Å²) in [7, 11) is 0. The van der Waals surface area contributed by atoms with Gasteiger partial charge in [0.2, 0.25) is 0 Å². The summed E-state index contributed by atoms with van der Waals surface area (Å²) in [4.78, 5) is 14.9. The van der Waals surface area contributed by atoms with Crippen molar-refractivity contribution in [1.29, 1.82) is 0 Å². The van der Waals surface area contributed by atoms with Gasteiger partial charge >= 0.3 is 0 Å². The van der Waals surface area contributed by atoms with E-state index in [4.69, 9.17) is 19.4 Å². The third-order valence-corrected chi connectivity index (χ3v) is 8.73. The van der Waals surface area contributed by atoms with Gasteiger partial charge in [0, 0.05) is 27.5 Å². The largest absolute Gasteiger partial charge is 0.456 e. The van der Waals surface area contributed by atoms with Gasteiger partial charge < -0.3 is 4.42 Å². The topological polar surface area (TPSA) is 51.8 Å². The molecule has 0 aliphatic carbocycles. The van der Waals surface area contributed by atoms with Crippen molar-refractivity contribution in [2.24, 2.45) is 0 Å². The Bertz CT molecular complexity index is 2550. The molecule has 0 aliphatic rings. The van der Waals surface area contributed by atoms with E-state index in [1.807, 2.05) is 48.5 Å². The van der Waals surface area contributed by atoms with Gasteiger partial charge in [-0.1, -0.05) is 127 Å². The Morgan fingerprint density at radius 2 is 0.809 bits per heavy atom. The molecular formula is C43H27N3O. The van der Waals surface area contributed by atoms with Gasteiger partial charge in [-0.3, -0.25) is 0 Å². The third-order valence-electron chi connectivity index (χ3n) is 8.73. The molecule has 0 fully saturated rings. The third kappa shape index (κ3) is 5.02. The second-order valence-corrected chi connectivity index (χ2v) is 11.7. The first-order chi connectivity index (χ1) is 23.2. The predicted octanol–water partition coefficient (Wildman–Crippen LogP) is 11.3. The molecular weight excluding hydrogens is 574 g/mol. The van der Waals surface area contributed by atoms with Crippen molar-refractivity contribution in [1.82, 2.24) is 15.0 Å². The van der Waals surface area contributed by atoms with Crippen LogP contribution < -0.4 is 0 Å².